The molecule has 0 spiro atoms. The molecule has 2 atom stereocenters. The molecule has 0 radical (unpaired) electrons. The molecule has 4 heteroatoms. The molecule has 15 heavy (non-hydrogen) atoms. The van der Waals surface area contributed by atoms with Crippen LogP contribution in [0.4, 0.5) is 0 Å². The Morgan fingerprint density at radius 3 is 3.07 bits per heavy atom. The Morgan fingerprint density at radius 1 is 1.33 bits per heavy atom. The van der Waals surface area contributed by atoms with E-state index in [4.69, 9.17) is 0 Å². The van der Waals surface area contributed by atoms with Crippen LogP contribution < -0.4 is 5.32 Å². The quantitative estimate of drug-likeness (QED) is 0.752. The predicted molar refractivity (Wildman–Crippen MR) is 57.9 cm³/mol. The van der Waals surface area contributed by atoms with Crippen molar-refractivity contribution in [2.24, 2.45) is 0 Å². The maximum Gasteiger partial charge on any atom is 0.137 e. The van der Waals surface area contributed by atoms with Crippen LogP contribution in [-0.2, 0) is 6.42 Å². The average Bonchev–Trinajstić information content (AvgIpc) is 2.85. The molecule has 1 saturated heterocycles. The molecule has 3 rings (SSSR count). The van der Waals surface area contributed by atoms with Crippen LogP contribution in [0.15, 0.2) is 0 Å². The molecule has 0 saturated carbocycles. The molecular formula is C11H18N4. The summed E-state index contributed by atoms with van der Waals surface area (Å²) in [6.07, 6.45) is 4.86. The van der Waals surface area contributed by atoms with Crippen LogP contribution in [0.25, 0.3) is 0 Å². The summed E-state index contributed by atoms with van der Waals surface area (Å²) in [5, 5.41) is 12.1. The van der Waals surface area contributed by atoms with Crippen LogP contribution in [0.1, 0.15) is 49.8 Å². The lowest BCUT2D eigenvalue weighted by Gasteiger charge is -2.24. The fourth-order valence-corrected chi connectivity index (χ4v) is 2.83. The van der Waals surface area contributed by atoms with E-state index >= 15 is 0 Å². The normalized spacial score (nSPS) is 30.5. The SMILES string of the molecule is CC1CCCc2nnc(C3CCNC3)n21. The molecule has 0 aromatic carbocycles. The molecule has 82 valence electrons. The Hall–Kier alpha value is -0.900. The van der Waals surface area contributed by atoms with E-state index in [1.165, 1.54) is 30.9 Å². The Bertz CT molecular complexity index is 351. The van der Waals surface area contributed by atoms with Gasteiger partial charge in [-0.15, -0.1) is 10.2 Å². The van der Waals surface area contributed by atoms with Gasteiger partial charge in [0.15, 0.2) is 0 Å². The van der Waals surface area contributed by atoms with Gasteiger partial charge in [-0.25, -0.2) is 0 Å². The molecule has 1 aromatic rings. The van der Waals surface area contributed by atoms with Crippen molar-refractivity contribution in [1.29, 1.82) is 0 Å². The van der Waals surface area contributed by atoms with E-state index in [0.29, 0.717) is 12.0 Å². The largest absolute Gasteiger partial charge is 0.316 e. The fourth-order valence-electron chi connectivity index (χ4n) is 2.83. The third-order valence-corrected chi connectivity index (χ3v) is 3.68. The van der Waals surface area contributed by atoms with Crippen LogP contribution in [0.5, 0.6) is 0 Å². The molecule has 1 aromatic heterocycles. The third kappa shape index (κ3) is 1.47. The highest BCUT2D eigenvalue weighted by Crippen LogP contribution is 2.29. The van der Waals surface area contributed by atoms with Crippen molar-refractivity contribution in [2.75, 3.05) is 13.1 Å². The zero-order chi connectivity index (χ0) is 10.3. The lowest BCUT2D eigenvalue weighted by Crippen LogP contribution is -2.20. The van der Waals surface area contributed by atoms with Crippen molar-refractivity contribution in [2.45, 2.75) is 44.6 Å². The van der Waals surface area contributed by atoms with E-state index in [0.717, 1.165) is 19.5 Å². The third-order valence-electron chi connectivity index (χ3n) is 3.68. The van der Waals surface area contributed by atoms with Gasteiger partial charge in [0.1, 0.15) is 11.6 Å². The molecule has 0 aliphatic carbocycles. The Morgan fingerprint density at radius 2 is 2.27 bits per heavy atom. The van der Waals surface area contributed by atoms with Crippen LogP contribution in [0.3, 0.4) is 0 Å². The summed E-state index contributed by atoms with van der Waals surface area (Å²) in [6, 6.07) is 0.597. The van der Waals surface area contributed by atoms with Crippen LogP contribution in [0.2, 0.25) is 0 Å². The van der Waals surface area contributed by atoms with Crippen molar-refractivity contribution < 1.29 is 0 Å². The van der Waals surface area contributed by atoms with Gasteiger partial charge in [-0.05, 0) is 32.7 Å². The van der Waals surface area contributed by atoms with E-state index in [1.54, 1.807) is 0 Å². The molecule has 1 fully saturated rings. The molecule has 2 aliphatic heterocycles. The Labute approximate surface area is 90.1 Å². The number of hydrogen-bond acceptors (Lipinski definition) is 3. The first-order valence-electron chi connectivity index (χ1n) is 6.00. The molecule has 2 aliphatic rings. The van der Waals surface area contributed by atoms with E-state index in [-0.39, 0.29) is 0 Å². The van der Waals surface area contributed by atoms with Gasteiger partial charge in [0.05, 0.1) is 0 Å². The maximum atomic E-state index is 4.40. The fraction of sp³-hybridized carbons (Fsp3) is 0.818. The lowest BCUT2D eigenvalue weighted by atomic mass is 10.0. The van der Waals surface area contributed by atoms with Crippen LogP contribution >= 0.6 is 0 Å². The monoisotopic (exact) mass is 206 g/mol. The number of nitrogens with one attached hydrogen (secondary N) is 1. The molecule has 4 nitrogen and oxygen atoms in total. The van der Waals surface area contributed by atoms with E-state index < -0.39 is 0 Å². The van der Waals surface area contributed by atoms with Gasteiger partial charge < -0.3 is 9.88 Å². The Kier molecular flexibility index (Phi) is 2.24. The predicted octanol–water partition coefficient (Wildman–Crippen LogP) is 1.25. The first kappa shape index (κ1) is 9.33. The Balaban J connectivity index is 1.97. The van der Waals surface area contributed by atoms with Gasteiger partial charge in [-0.3, -0.25) is 0 Å². The standard InChI is InChI=1S/C11H18N4/c1-8-3-2-4-10-13-14-11(15(8)10)9-5-6-12-7-9/h8-9,12H,2-7H2,1H3. The van der Waals surface area contributed by atoms with Gasteiger partial charge in [-0.1, -0.05) is 0 Å². The number of nitrogens with zero attached hydrogens (tertiary/aromatic N) is 3. The second-order valence-corrected chi connectivity index (χ2v) is 4.78. The zero-order valence-electron chi connectivity index (χ0n) is 9.24. The minimum Gasteiger partial charge on any atom is -0.316 e. The number of aromatic nitrogens is 3. The average molecular weight is 206 g/mol. The second-order valence-electron chi connectivity index (χ2n) is 4.78. The summed E-state index contributed by atoms with van der Waals surface area (Å²) >= 11 is 0. The van der Waals surface area contributed by atoms with E-state index in [2.05, 4.69) is 27.0 Å². The van der Waals surface area contributed by atoms with Crippen LogP contribution in [0, 0.1) is 0 Å². The number of rotatable bonds is 1. The highest BCUT2D eigenvalue weighted by molar-refractivity contribution is 5.08. The van der Waals surface area contributed by atoms with Crippen molar-refractivity contribution >= 4 is 0 Å². The number of fused-ring (bicyclic) bond motifs is 1. The zero-order valence-corrected chi connectivity index (χ0v) is 9.24. The van der Waals surface area contributed by atoms with Gasteiger partial charge in [0.2, 0.25) is 0 Å². The minimum absolute atomic E-state index is 0.590. The molecule has 1 N–H and O–H groups in total. The summed E-state index contributed by atoms with van der Waals surface area (Å²) in [5.41, 5.74) is 0. The summed E-state index contributed by atoms with van der Waals surface area (Å²) in [6.45, 7) is 4.49. The minimum atomic E-state index is 0.590. The highest BCUT2D eigenvalue weighted by atomic mass is 15.3. The highest BCUT2D eigenvalue weighted by Gasteiger charge is 2.27. The summed E-state index contributed by atoms with van der Waals surface area (Å²) in [4.78, 5) is 0. The molecule has 0 amide bonds. The maximum absolute atomic E-state index is 4.40. The van der Waals surface area contributed by atoms with Crippen molar-refractivity contribution in [1.82, 2.24) is 20.1 Å². The van der Waals surface area contributed by atoms with Crippen LogP contribution in [-0.4, -0.2) is 27.9 Å². The number of hydrogen-bond donors (Lipinski definition) is 1. The number of aryl methyl sites for hydroxylation is 1. The summed E-state index contributed by atoms with van der Waals surface area (Å²) in [7, 11) is 0. The summed E-state index contributed by atoms with van der Waals surface area (Å²) < 4.78 is 2.39. The molecule has 2 unspecified atom stereocenters. The van der Waals surface area contributed by atoms with Crippen molar-refractivity contribution in [3.05, 3.63) is 11.6 Å². The second kappa shape index (κ2) is 3.59. The topological polar surface area (TPSA) is 42.7 Å². The van der Waals surface area contributed by atoms with Gasteiger partial charge >= 0.3 is 0 Å². The molecular weight excluding hydrogens is 188 g/mol. The van der Waals surface area contributed by atoms with Gasteiger partial charge in [0.25, 0.3) is 0 Å². The first-order chi connectivity index (χ1) is 7.36. The smallest absolute Gasteiger partial charge is 0.137 e. The summed E-state index contributed by atoms with van der Waals surface area (Å²) in [5.74, 6) is 3.02. The lowest BCUT2D eigenvalue weighted by molar-refractivity contribution is 0.406. The van der Waals surface area contributed by atoms with Gasteiger partial charge in [0, 0.05) is 24.9 Å². The first-order valence-corrected chi connectivity index (χ1v) is 6.00. The van der Waals surface area contributed by atoms with E-state index in [1.807, 2.05) is 0 Å². The van der Waals surface area contributed by atoms with Crippen molar-refractivity contribution in [3.63, 3.8) is 0 Å². The van der Waals surface area contributed by atoms with Crippen molar-refractivity contribution in [3.8, 4) is 0 Å². The van der Waals surface area contributed by atoms with Gasteiger partial charge in [-0.2, -0.15) is 0 Å². The molecule has 3 heterocycles. The molecule has 0 bridgehead atoms. The van der Waals surface area contributed by atoms with E-state index in [9.17, 15) is 0 Å².